The smallest absolute Gasteiger partial charge is 0.272 e. The molecule has 160 valence electrons. The van der Waals surface area contributed by atoms with Gasteiger partial charge in [-0.05, 0) is 62.4 Å². The fraction of sp³-hybridized carbons (Fsp3) is 0.522. The molecule has 0 spiro atoms. The SMILES string of the molecule is COc1cc2c(cc1OC)CN(C1CCCN(C(=O)c3cc(C)nc(C)n3)C1)CC2. The van der Waals surface area contributed by atoms with Gasteiger partial charge in [-0.1, -0.05) is 0 Å². The van der Waals surface area contributed by atoms with Crippen molar-refractivity contribution in [2.75, 3.05) is 33.9 Å². The molecule has 1 atom stereocenters. The number of hydrogen-bond donors (Lipinski definition) is 0. The van der Waals surface area contributed by atoms with Crippen LogP contribution < -0.4 is 9.47 Å². The number of carbonyl (C=O) groups excluding carboxylic acids is 1. The van der Waals surface area contributed by atoms with Gasteiger partial charge in [0.1, 0.15) is 11.5 Å². The largest absolute Gasteiger partial charge is 0.493 e. The molecule has 0 radical (unpaired) electrons. The number of nitrogens with zero attached hydrogens (tertiary/aromatic N) is 4. The molecule has 0 saturated carbocycles. The summed E-state index contributed by atoms with van der Waals surface area (Å²) in [5.74, 6) is 2.21. The van der Waals surface area contributed by atoms with Gasteiger partial charge < -0.3 is 14.4 Å². The van der Waals surface area contributed by atoms with Crippen LogP contribution in [0.15, 0.2) is 18.2 Å². The topological polar surface area (TPSA) is 67.8 Å². The number of fused-ring (bicyclic) bond motifs is 1. The first-order valence-corrected chi connectivity index (χ1v) is 10.6. The molecule has 3 heterocycles. The normalized spacial score (nSPS) is 19.3. The summed E-state index contributed by atoms with van der Waals surface area (Å²) in [6, 6.07) is 6.34. The highest BCUT2D eigenvalue weighted by Crippen LogP contribution is 2.34. The average Bonchev–Trinajstić information content (AvgIpc) is 2.76. The number of rotatable bonds is 4. The predicted octanol–water partition coefficient (Wildman–Crippen LogP) is 2.77. The number of aromatic nitrogens is 2. The van der Waals surface area contributed by atoms with Crippen molar-refractivity contribution in [2.24, 2.45) is 0 Å². The van der Waals surface area contributed by atoms with Crippen molar-refractivity contribution in [1.29, 1.82) is 0 Å². The number of likely N-dealkylation sites (tertiary alicyclic amines) is 1. The van der Waals surface area contributed by atoms with Crippen molar-refractivity contribution in [3.63, 3.8) is 0 Å². The maximum absolute atomic E-state index is 13.1. The fourth-order valence-electron chi connectivity index (χ4n) is 4.64. The van der Waals surface area contributed by atoms with Gasteiger partial charge >= 0.3 is 0 Å². The zero-order valence-electron chi connectivity index (χ0n) is 18.3. The maximum atomic E-state index is 13.1. The first-order valence-electron chi connectivity index (χ1n) is 10.6. The molecule has 0 aliphatic carbocycles. The van der Waals surface area contributed by atoms with E-state index in [9.17, 15) is 4.79 Å². The molecule has 1 saturated heterocycles. The Hall–Kier alpha value is -2.67. The molecule has 0 N–H and O–H groups in total. The lowest BCUT2D eigenvalue weighted by molar-refractivity contribution is 0.0543. The third-order valence-corrected chi connectivity index (χ3v) is 6.13. The van der Waals surface area contributed by atoms with Crippen LogP contribution in [0.25, 0.3) is 0 Å². The van der Waals surface area contributed by atoms with Crippen LogP contribution in [0.5, 0.6) is 11.5 Å². The highest BCUT2D eigenvalue weighted by atomic mass is 16.5. The first-order chi connectivity index (χ1) is 14.5. The summed E-state index contributed by atoms with van der Waals surface area (Å²) in [6.45, 7) is 7.11. The zero-order valence-corrected chi connectivity index (χ0v) is 18.3. The van der Waals surface area contributed by atoms with Crippen molar-refractivity contribution >= 4 is 5.91 Å². The van der Waals surface area contributed by atoms with Crippen molar-refractivity contribution in [1.82, 2.24) is 19.8 Å². The number of amides is 1. The second kappa shape index (κ2) is 8.60. The van der Waals surface area contributed by atoms with Gasteiger partial charge in [0.2, 0.25) is 0 Å². The van der Waals surface area contributed by atoms with Crippen molar-refractivity contribution < 1.29 is 14.3 Å². The molecule has 2 aliphatic heterocycles. The molecule has 1 amide bonds. The van der Waals surface area contributed by atoms with E-state index in [1.54, 1.807) is 20.3 Å². The minimum Gasteiger partial charge on any atom is -0.493 e. The number of ether oxygens (including phenoxy) is 2. The summed E-state index contributed by atoms with van der Waals surface area (Å²) in [7, 11) is 3.35. The van der Waals surface area contributed by atoms with E-state index in [0.717, 1.165) is 62.6 Å². The Balaban J connectivity index is 1.48. The summed E-state index contributed by atoms with van der Waals surface area (Å²) in [4.78, 5) is 26.2. The Morgan fingerprint density at radius 3 is 2.47 bits per heavy atom. The minimum absolute atomic E-state index is 0.0112. The predicted molar refractivity (Wildman–Crippen MR) is 114 cm³/mol. The van der Waals surface area contributed by atoms with Gasteiger partial charge in [0, 0.05) is 37.9 Å². The van der Waals surface area contributed by atoms with Crippen molar-refractivity contribution in [3.05, 3.63) is 46.5 Å². The molecular weight excluding hydrogens is 380 g/mol. The molecule has 1 unspecified atom stereocenters. The van der Waals surface area contributed by atoms with Gasteiger partial charge in [0.15, 0.2) is 11.5 Å². The van der Waals surface area contributed by atoms with Crippen LogP contribution in [0.2, 0.25) is 0 Å². The van der Waals surface area contributed by atoms with Gasteiger partial charge in [-0.15, -0.1) is 0 Å². The summed E-state index contributed by atoms with van der Waals surface area (Å²) < 4.78 is 10.9. The number of piperidine rings is 1. The summed E-state index contributed by atoms with van der Waals surface area (Å²) in [6.07, 6.45) is 3.09. The van der Waals surface area contributed by atoms with Gasteiger partial charge in [0.05, 0.1) is 14.2 Å². The van der Waals surface area contributed by atoms with E-state index in [4.69, 9.17) is 9.47 Å². The van der Waals surface area contributed by atoms with Gasteiger partial charge in [0.25, 0.3) is 5.91 Å². The highest BCUT2D eigenvalue weighted by Gasteiger charge is 2.31. The molecule has 2 aliphatic rings. The second-order valence-corrected chi connectivity index (χ2v) is 8.19. The monoisotopic (exact) mass is 410 g/mol. The molecule has 7 nitrogen and oxygen atoms in total. The number of benzene rings is 1. The van der Waals surface area contributed by atoms with Gasteiger partial charge in [-0.3, -0.25) is 9.69 Å². The van der Waals surface area contributed by atoms with E-state index in [0.29, 0.717) is 17.6 Å². The summed E-state index contributed by atoms with van der Waals surface area (Å²) in [5, 5.41) is 0. The minimum atomic E-state index is 0.0112. The zero-order chi connectivity index (χ0) is 21.3. The molecule has 0 bridgehead atoms. The Bertz CT molecular complexity index is 926. The highest BCUT2D eigenvalue weighted by molar-refractivity contribution is 5.92. The third-order valence-electron chi connectivity index (χ3n) is 6.13. The van der Waals surface area contributed by atoms with E-state index in [1.807, 2.05) is 18.7 Å². The van der Waals surface area contributed by atoms with E-state index in [2.05, 4.69) is 27.0 Å². The standard InChI is InChI=1S/C23H30N4O3/c1-15-10-20(25-16(2)24-15)23(28)27-8-5-6-19(14-27)26-9-7-17-11-21(29-3)22(30-4)12-18(17)13-26/h10-12,19H,5-9,13-14H2,1-4H3. The molecule has 1 fully saturated rings. The van der Waals surface area contributed by atoms with Crippen LogP contribution in [0.3, 0.4) is 0 Å². The van der Waals surface area contributed by atoms with Crippen LogP contribution >= 0.6 is 0 Å². The van der Waals surface area contributed by atoms with Crippen LogP contribution in [-0.4, -0.2) is 65.6 Å². The van der Waals surface area contributed by atoms with Crippen LogP contribution in [0.4, 0.5) is 0 Å². The quantitative estimate of drug-likeness (QED) is 0.772. The first kappa shape index (κ1) is 20.6. The second-order valence-electron chi connectivity index (χ2n) is 8.19. The van der Waals surface area contributed by atoms with Crippen molar-refractivity contribution in [2.45, 2.75) is 45.7 Å². The lowest BCUT2D eigenvalue weighted by atomic mass is 9.95. The Labute approximate surface area is 178 Å². The Kier molecular flexibility index (Phi) is 5.90. The average molecular weight is 411 g/mol. The molecule has 30 heavy (non-hydrogen) atoms. The van der Waals surface area contributed by atoms with Gasteiger partial charge in [-0.25, -0.2) is 9.97 Å². The van der Waals surface area contributed by atoms with Crippen molar-refractivity contribution in [3.8, 4) is 11.5 Å². The van der Waals surface area contributed by atoms with E-state index < -0.39 is 0 Å². The molecule has 1 aromatic carbocycles. The molecule has 7 heteroatoms. The number of hydrogen-bond acceptors (Lipinski definition) is 6. The van der Waals surface area contributed by atoms with Crippen LogP contribution in [0, 0.1) is 13.8 Å². The Morgan fingerprint density at radius 1 is 1.03 bits per heavy atom. The summed E-state index contributed by atoms with van der Waals surface area (Å²) in [5.41, 5.74) is 3.93. The van der Waals surface area contributed by atoms with E-state index >= 15 is 0 Å². The molecule has 1 aromatic heterocycles. The van der Waals surface area contributed by atoms with Crippen LogP contribution in [-0.2, 0) is 13.0 Å². The van der Waals surface area contributed by atoms with Gasteiger partial charge in [-0.2, -0.15) is 0 Å². The lowest BCUT2D eigenvalue weighted by Gasteiger charge is -2.41. The van der Waals surface area contributed by atoms with E-state index in [-0.39, 0.29) is 5.91 Å². The number of aryl methyl sites for hydroxylation is 2. The molecule has 2 aromatic rings. The fourth-order valence-corrected chi connectivity index (χ4v) is 4.64. The molecular formula is C23H30N4O3. The number of carbonyl (C=O) groups is 1. The van der Waals surface area contributed by atoms with Crippen LogP contribution in [0.1, 0.15) is 46.0 Å². The summed E-state index contributed by atoms with van der Waals surface area (Å²) >= 11 is 0. The Morgan fingerprint density at radius 2 is 1.77 bits per heavy atom. The molecule has 4 rings (SSSR count). The van der Waals surface area contributed by atoms with E-state index in [1.165, 1.54) is 11.1 Å². The maximum Gasteiger partial charge on any atom is 0.272 e. The lowest BCUT2D eigenvalue weighted by Crippen LogP contribution is -2.51. The number of methoxy groups -OCH3 is 2. The third kappa shape index (κ3) is 4.12.